The average molecular weight is 231 g/mol. The summed E-state index contributed by atoms with van der Waals surface area (Å²) in [6.07, 6.45) is 3.22. The van der Waals surface area contributed by atoms with E-state index in [9.17, 15) is 4.79 Å². The molecule has 88 valence electrons. The number of nitrogens with two attached hydrogens (primary N) is 2. The molecule has 2 rings (SSSR count). The maximum Gasteiger partial charge on any atom is 0.250 e. The zero-order valence-corrected chi connectivity index (χ0v) is 9.14. The molecule has 5 nitrogen and oxygen atoms in total. The summed E-state index contributed by atoms with van der Waals surface area (Å²) in [5, 5.41) is 3.10. The maximum absolute atomic E-state index is 11.2. The summed E-state index contributed by atoms with van der Waals surface area (Å²) in [5.41, 5.74) is 13.5. The van der Waals surface area contributed by atoms with Crippen LogP contribution in [0.4, 0.5) is 11.4 Å². The van der Waals surface area contributed by atoms with E-state index in [1.807, 2.05) is 6.07 Å². The molecular formula is C12H13N3O2. The first-order chi connectivity index (χ1) is 8.16. The number of benzene rings is 1. The van der Waals surface area contributed by atoms with Crippen molar-refractivity contribution in [3.8, 4) is 0 Å². The van der Waals surface area contributed by atoms with Crippen molar-refractivity contribution in [3.05, 3.63) is 47.9 Å². The minimum atomic E-state index is -0.486. The third kappa shape index (κ3) is 2.57. The molecule has 1 heterocycles. The summed E-state index contributed by atoms with van der Waals surface area (Å²) in [6.45, 7) is 0.542. The number of carbonyl (C=O) groups is 1. The van der Waals surface area contributed by atoms with E-state index in [0.29, 0.717) is 23.5 Å². The van der Waals surface area contributed by atoms with Crippen LogP contribution < -0.4 is 16.8 Å². The Kier molecular flexibility index (Phi) is 3.00. The van der Waals surface area contributed by atoms with E-state index in [1.165, 1.54) is 0 Å². The fourth-order valence-corrected chi connectivity index (χ4v) is 1.51. The second-order valence-corrected chi connectivity index (χ2v) is 3.65. The highest BCUT2D eigenvalue weighted by molar-refractivity contribution is 5.99. The van der Waals surface area contributed by atoms with Crippen molar-refractivity contribution >= 4 is 17.3 Å². The third-order valence-corrected chi connectivity index (χ3v) is 2.37. The monoisotopic (exact) mass is 231 g/mol. The van der Waals surface area contributed by atoms with Crippen LogP contribution in [0.15, 0.2) is 41.2 Å². The minimum absolute atomic E-state index is 0.419. The number of hydrogen-bond acceptors (Lipinski definition) is 4. The number of hydrogen-bond donors (Lipinski definition) is 3. The molecule has 1 aromatic carbocycles. The second kappa shape index (κ2) is 4.61. The Balaban J connectivity index is 2.19. The fourth-order valence-electron chi connectivity index (χ4n) is 1.51. The molecule has 0 bridgehead atoms. The average Bonchev–Trinajstić information content (AvgIpc) is 2.78. The van der Waals surface area contributed by atoms with Gasteiger partial charge >= 0.3 is 0 Å². The van der Waals surface area contributed by atoms with Gasteiger partial charge in [-0.25, -0.2) is 0 Å². The summed E-state index contributed by atoms with van der Waals surface area (Å²) < 4.78 is 4.95. The molecular weight excluding hydrogens is 218 g/mol. The van der Waals surface area contributed by atoms with E-state index in [2.05, 4.69) is 5.32 Å². The van der Waals surface area contributed by atoms with E-state index < -0.39 is 5.91 Å². The van der Waals surface area contributed by atoms with Gasteiger partial charge < -0.3 is 21.2 Å². The molecule has 0 aliphatic carbocycles. The lowest BCUT2D eigenvalue weighted by Crippen LogP contribution is -2.14. The molecule has 0 unspecified atom stereocenters. The van der Waals surface area contributed by atoms with Crippen molar-refractivity contribution in [2.75, 3.05) is 11.1 Å². The number of furan rings is 1. The van der Waals surface area contributed by atoms with Gasteiger partial charge in [0.15, 0.2) is 0 Å². The van der Waals surface area contributed by atoms with E-state index in [0.717, 1.165) is 5.56 Å². The van der Waals surface area contributed by atoms with Crippen molar-refractivity contribution < 1.29 is 9.21 Å². The van der Waals surface area contributed by atoms with Gasteiger partial charge in [-0.05, 0) is 24.3 Å². The second-order valence-electron chi connectivity index (χ2n) is 3.65. The topological polar surface area (TPSA) is 94.3 Å². The lowest BCUT2D eigenvalue weighted by molar-refractivity contribution is 0.100. The van der Waals surface area contributed by atoms with Crippen LogP contribution in [0, 0.1) is 0 Å². The Hall–Kier alpha value is -2.43. The van der Waals surface area contributed by atoms with Gasteiger partial charge in [0.1, 0.15) is 0 Å². The predicted molar refractivity (Wildman–Crippen MR) is 65.4 cm³/mol. The smallest absolute Gasteiger partial charge is 0.250 e. The molecule has 0 saturated carbocycles. The largest absolute Gasteiger partial charge is 0.472 e. The molecule has 5 N–H and O–H groups in total. The molecule has 0 spiro atoms. The summed E-state index contributed by atoms with van der Waals surface area (Å²) in [4.78, 5) is 11.2. The van der Waals surface area contributed by atoms with E-state index in [1.54, 1.807) is 30.7 Å². The van der Waals surface area contributed by atoms with Gasteiger partial charge in [0.2, 0.25) is 0 Å². The van der Waals surface area contributed by atoms with E-state index >= 15 is 0 Å². The van der Waals surface area contributed by atoms with Crippen LogP contribution in [0.3, 0.4) is 0 Å². The van der Waals surface area contributed by atoms with Crippen molar-refractivity contribution in [3.63, 3.8) is 0 Å². The number of nitrogen functional groups attached to an aromatic ring is 1. The number of amides is 1. The summed E-state index contributed by atoms with van der Waals surface area (Å²) >= 11 is 0. The molecule has 1 amide bonds. The van der Waals surface area contributed by atoms with Crippen molar-refractivity contribution in [1.82, 2.24) is 0 Å². The summed E-state index contributed by atoms with van der Waals surface area (Å²) in [7, 11) is 0. The van der Waals surface area contributed by atoms with E-state index in [-0.39, 0.29) is 0 Å². The van der Waals surface area contributed by atoms with Gasteiger partial charge in [-0.3, -0.25) is 4.79 Å². The molecule has 5 heteroatoms. The Bertz CT molecular complexity index is 521. The van der Waals surface area contributed by atoms with Gasteiger partial charge in [0, 0.05) is 23.5 Å². The van der Waals surface area contributed by atoms with Gasteiger partial charge in [-0.1, -0.05) is 0 Å². The lowest BCUT2D eigenvalue weighted by atomic mass is 10.1. The fraction of sp³-hybridized carbons (Fsp3) is 0.0833. The lowest BCUT2D eigenvalue weighted by Gasteiger charge is -2.09. The first-order valence-electron chi connectivity index (χ1n) is 5.11. The molecule has 0 radical (unpaired) electrons. The quantitative estimate of drug-likeness (QED) is 0.696. The SMILES string of the molecule is NC(=O)c1ccc(N)cc1NCc1ccoc1. The number of anilines is 2. The number of nitrogens with one attached hydrogen (secondary N) is 1. The van der Waals surface area contributed by atoms with E-state index in [4.69, 9.17) is 15.9 Å². The maximum atomic E-state index is 11.2. The Morgan fingerprint density at radius 2 is 2.18 bits per heavy atom. The minimum Gasteiger partial charge on any atom is -0.472 e. The van der Waals surface area contributed by atoms with Crippen molar-refractivity contribution in [1.29, 1.82) is 0 Å². The van der Waals surface area contributed by atoms with Crippen LogP contribution in [0.1, 0.15) is 15.9 Å². The van der Waals surface area contributed by atoms with Crippen LogP contribution in [0.5, 0.6) is 0 Å². The van der Waals surface area contributed by atoms with Crippen LogP contribution in [-0.4, -0.2) is 5.91 Å². The zero-order chi connectivity index (χ0) is 12.3. The van der Waals surface area contributed by atoms with Gasteiger partial charge in [0.05, 0.1) is 18.1 Å². The molecule has 0 fully saturated rings. The molecule has 0 saturated heterocycles. The van der Waals surface area contributed by atoms with Crippen molar-refractivity contribution in [2.24, 2.45) is 5.73 Å². The van der Waals surface area contributed by atoms with Crippen LogP contribution in [0.2, 0.25) is 0 Å². The van der Waals surface area contributed by atoms with Gasteiger partial charge in [-0.2, -0.15) is 0 Å². The van der Waals surface area contributed by atoms with Gasteiger partial charge in [-0.15, -0.1) is 0 Å². The standard InChI is InChI=1S/C12H13N3O2/c13-9-1-2-10(12(14)16)11(5-9)15-6-8-3-4-17-7-8/h1-5,7,15H,6,13H2,(H2,14,16). The summed E-state index contributed by atoms with van der Waals surface area (Å²) in [6, 6.07) is 6.77. The van der Waals surface area contributed by atoms with Gasteiger partial charge in [0.25, 0.3) is 5.91 Å². The highest BCUT2D eigenvalue weighted by Gasteiger charge is 2.08. The Morgan fingerprint density at radius 3 is 2.82 bits per heavy atom. The molecule has 1 aromatic heterocycles. The third-order valence-electron chi connectivity index (χ3n) is 2.37. The highest BCUT2D eigenvalue weighted by Crippen LogP contribution is 2.19. The molecule has 0 aliphatic heterocycles. The highest BCUT2D eigenvalue weighted by atomic mass is 16.3. The number of carbonyl (C=O) groups excluding carboxylic acids is 1. The number of primary amides is 1. The predicted octanol–water partition coefficient (Wildman–Crippen LogP) is 1.57. The van der Waals surface area contributed by atoms with Crippen LogP contribution in [0.25, 0.3) is 0 Å². The molecule has 0 atom stereocenters. The molecule has 0 aliphatic rings. The summed E-state index contributed by atoms with van der Waals surface area (Å²) in [5.74, 6) is -0.486. The molecule has 17 heavy (non-hydrogen) atoms. The van der Waals surface area contributed by atoms with Crippen LogP contribution in [-0.2, 0) is 6.54 Å². The first-order valence-corrected chi connectivity index (χ1v) is 5.11. The Labute approximate surface area is 98.4 Å². The number of rotatable bonds is 4. The first kappa shape index (κ1) is 11.1. The van der Waals surface area contributed by atoms with Crippen LogP contribution >= 0.6 is 0 Å². The Morgan fingerprint density at radius 1 is 1.35 bits per heavy atom. The zero-order valence-electron chi connectivity index (χ0n) is 9.14. The normalized spacial score (nSPS) is 10.1. The van der Waals surface area contributed by atoms with Crippen molar-refractivity contribution in [2.45, 2.75) is 6.54 Å². The molecule has 2 aromatic rings.